The molecular formula is C17H24FIN4O3S2. The van der Waals surface area contributed by atoms with Crippen molar-refractivity contribution in [2.24, 2.45) is 4.99 Å². The molecule has 28 heavy (non-hydrogen) atoms. The Labute approximate surface area is 185 Å². The molecule has 0 radical (unpaired) electrons. The normalized spacial score (nSPS) is 12.8. The molecule has 0 bridgehead atoms. The molecule has 0 saturated carbocycles. The van der Waals surface area contributed by atoms with Crippen molar-refractivity contribution in [1.82, 2.24) is 15.4 Å². The van der Waals surface area contributed by atoms with Crippen LogP contribution in [0.4, 0.5) is 4.39 Å². The molecule has 1 aromatic carbocycles. The molecular weight excluding hydrogens is 518 g/mol. The zero-order chi connectivity index (χ0) is 19.7. The van der Waals surface area contributed by atoms with Crippen LogP contribution >= 0.6 is 35.3 Å². The van der Waals surface area contributed by atoms with Gasteiger partial charge in [0.15, 0.2) is 5.96 Å². The van der Waals surface area contributed by atoms with Gasteiger partial charge in [0.05, 0.1) is 6.54 Å². The minimum absolute atomic E-state index is 0. The molecule has 1 aromatic heterocycles. The maximum Gasteiger partial charge on any atom is 0.250 e. The largest absolute Gasteiger partial charge is 0.489 e. The van der Waals surface area contributed by atoms with Crippen LogP contribution in [0.1, 0.15) is 6.92 Å². The molecule has 0 aliphatic rings. The smallest absolute Gasteiger partial charge is 0.250 e. The van der Waals surface area contributed by atoms with Crippen molar-refractivity contribution in [3.05, 3.63) is 47.6 Å². The first kappa shape index (κ1) is 24.6. The van der Waals surface area contributed by atoms with Crippen molar-refractivity contribution in [2.75, 3.05) is 26.7 Å². The second-order valence-corrected chi connectivity index (χ2v) is 8.53. The van der Waals surface area contributed by atoms with Gasteiger partial charge < -0.3 is 15.4 Å². The Hall–Kier alpha value is -1.44. The lowest BCUT2D eigenvalue weighted by molar-refractivity contribution is 0.223. The van der Waals surface area contributed by atoms with E-state index in [1.165, 1.54) is 23.5 Å². The van der Waals surface area contributed by atoms with E-state index in [1.54, 1.807) is 36.7 Å². The van der Waals surface area contributed by atoms with Crippen LogP contribution in [0.5, 0.6) is 5.75 Å². The predicted octanol–water partition coefficient (Wildman–Crippen LogP) is 2.42. The van der Waals surface area contributed by atoms with Crippen LogP contribution < -0.4 is 20.1 Å². The van der Waals surface area contributed by atoms with E-state index in [-0.39, 0.29) is 46.7 Å². The number of benzene rings is 1. The minimum atomic E-state index is -3.46. The number of sulfonamides is 1. The van der Waals surface area contributed by atoms with Crippen LogP contribution in [0.25, 0.3) is 0 Å². The molecule has 156 valence electrons. The summed E-state index contributed by atoms with van der Waals surface area (Å²) in [7, 11) is -1.84. The molecule has 1 heterocycles. The number of thiophene rings is 1. The predicted molar refractivity (Wildman–Crippen MR) is 121 cm³/mol. The summed E-state index contributed by atoms with van der Waals surface area (Å²) in [6, 6.07) is 9.07. The third-order valence-electron chi connectivity index (χ3n) is 3.40. The van der Waals surface area contributed by atoms with Gasteiger partial charge in [0.1, 0.15) is 21.9 Å². The first-order chi connectivity index (χ1) is 12.9. The maximum absolute atomic E-state index is 12.9. The Morgan fingerprint density at radius 2 is 1.93 bits per heavy atom. The van der Waals surface area contributed by atoms with Crippen LogP contribution in [0.15, 0.2) is 51.0 Å². The summed E-state index contributed by atoms with van der Waals surface area (Å²) in [6.45, 7) is 2.94. The van der Waals surface area contributed by atoms with Crippen LogP contribution in [0, 0.1) is 5.82 Å². The molecule has 3 N–H and O–H groups in total. The molecule has 0 aliphatic heterocycles. The lowest BCUT2D eigenvalue weighted by atomic mass is 10.3. The average molecular weight is 542 g/mol. The molecule has 0 amide bonds. The molecule has 0 aliphatic carbocycles. The van der Waals surface area contributed by atoms with Gasteiger partial charge in [0.25, 0.3) is 0 Å². The number of guanidine groups is 1. The summed E-state index contributed by atoms with van der Waals surface area (Å²) in [5.74, 6) is 0.795. The van der Waals surface area contributed by atoms with Crippen LogP contribution in [-0.4, -0.2) is 47.2 Å². The Morgan fingerprint density at radius 1 is 1.21 bits per heavy atom. The fourth-order valence-electron chi connectivity index (χ4n) is 2.10. The van der Waals surface area contributed by atoms with Gasteiger partial charge in [0.2, 0.25) is 10.0 Å². The highest BCUT2D eigenvalue weighted by Crippen LogP contribution is 2.15. The van der Waals surface area contributed by atoms with Gasteiger partial charge in [-0.05, 0) is 42.6 Å². The monoisotopic (exact) mass is 542 g/mol. The Morgan fingerprint density at radius 3 is 2.54 bits per heavy atom. The van der Waals surface area contributed by atoms with Gasteiger partial charge in [-0.15, -0.1) is 35.3 Å². The number of rotatable bonds is 9. The molecule has 7 nitrogen and oxygen atoms in total. The van der Waals surface area contributed by atoms with Crippen molar-refractivity contribution in [1.29, 1.82) is 0 Å². The van der Waals surface area contributed by atoms with Gasteiger partial charge in [-0.3, -0.25) is 4.99 Å². The molecule has 0 spiro atoms. The first-order valence-electron chi connectivity index (χ1n) is 8.30. The molecule has 2 aromatic rings. The van der Waals surface area contributed by atoms with Crippen molar-refractivity contribution in [2.45, 2.75) is 17.2 Å². The van der Waals surface area contributed by atoms with Gasteiger partial charge in [0, 0.05) is 20.1 Å². The van der Waals surface area contributed by atoms with E-state index < -0.39 is 10.0 Å². The van der Waals surface area contributed by atoms with E-state index >= 15 is 0 Å². The summed E-state index contributed by atoms with van der Waals surface area (Å²) in [6.07, 6.45) is -0.175. The van der Waals surface area contributed by atoms with Crippen molar-refractivity contribution >= 4 is 51.3 Å². The molecule has 1 atom stereocenters. The zero-order valence-electron chi connectivity index (χ0n) is 15.5. The zero-order valence-corrected chi connectivity index (χ0v) is 19.5. The first-order valence-corrected chi connectivity index (χ1v) is 10.7. The summed E-state index contributed by atoms with van der Waals surface area (Å²) in [5.41, 5.74) is 0. The summed E-state index contributed by atoms with van der Waals surface area (Å²) >= 11 is 1.17. The quantitative estimate of drug-likeness (QED) is 0.196. The lowest BCUT2D eigenvalue weighted by Gasteiger charge is -2.17. The van der Waals surface area contributed by atoms with Crippen molar-refractivity contribution in [3.63, 3.8) is 0 Å². The minimum Gasteiger partial charge on any atom is -0.489 e. The van der Waals surface area contributed by atoms with Gasteiger partial charge in [-0.25, -0.2) is 17.5 Å². The highest BCUT2D eigenvalue weighted by molar-refractivity contribution is 14.0. The van der Waals surface area contributed by atoms with E-state index in [0.29, 0.717) is 24.8 Å². The topological polar surface area (TPSA) is 91.8 Å². The second kappa shape index (κ2) is 12.2. The second-order valence-electron chi connectivity index (χ2n) is 5.59. The van der Waals surface area contributed by atoms with Crippen molar-refractivity contribution in [3.8, 4) is 5.75 Å². The van der Waals surface area contributed by atoms with Gasteiger partial charge in [-0.1, -0.05) is 6.07 Å². The number of halogens is 2. The fraction of sp³-hybridized carbons (Fsp3) is 0.353. The summed E-state index contributed by atoms with van der Waals surface area (Å²) in [5, 5.41) is 7.83. The SMILES string of the molecule is CN=C(NCCNS(=O)(=O)c1cccs1)NCC(C)Oc1ccc(F)cc1.I. The Kier molecular flexibility index (Phi) is 10.7. The number of nitrogens with zero attached hydrogens (tertiary/aromatic N) is 1. The van der Waals surface area contributed by atoms with Gasteiger partial charge >= 0.3 is 0 Å². The van der Waals surface area contributed by atoms with E-state index in [9.17, 15) is 12.8 Å². The number of hydrogen-bond acceptors (Lipinski definition) is 5. The Balaban J connectivity index is 0.00000392. The van der Waals surface area contributed by atoms with Gasteiger partial charge in [-0.2, -0.15) is 0 Å². The third-order valence-corrected chi connectivity index (χ3v) is 6.26. The van der Waals surface area contributed by atoms with E-state index in [0.717, 1.165) is 0 Å². The van der Waals surface area contributed by atoms with E-state index in [2.05, 4.69) is 20.3 Å². The maximum atomic E-state index is 12.9. The standard InChI is InChI=1S/C17H23FN4O3S2.HI/c1-13(25-15-7-5-14(18)6-8-15)12-21-17(19-2)20-9-10-22-27(23,24)16-4-3-11-26-16;/h3-8,11,13,22H,9-10,12H2,1-2H3,(H2,19,20,21);1H. The highest BCUT2D eigenvalue weighted by Gasteiger charge is 2.14. The molecule has 1 unspecified atom stereocenters. The van der Waals surface area contributed by atoms with Crippen molar-refractivity contribution < 1.29 is 17.5 Å². The Bertz CT molecular complexity index is 831. The van der Waals surface area contributed by atoms with E-state index in [1.807, 2.05) is 6.92 Å². The molecule has 0 fully saturated rings. The van der Waals surface area contributed by atoms with Crippen LogP contribution in [0.3, 0.4) is 0 Å². The number of aliphatic imine (C=N–C) groups is 1. The summed E-state index contributed by atoms with van der Waals surface area (Å²) < 4.78 is 45.4. The third kappa shape index (κ3) is 8.29. The van der Waals surface area contributed by atoms with E-state index in [4.69, 9.17) is 4.74 Å². The average Bonchev–Trinajstić information content (AvgIpc) is 3.19. The van der Waals surface area contributed by atoms with Crippen LogP contribution in [-0.2, 0) is 10.0 Å². The number of nitrogens with one attached hydrogen (secondary N) is 3. The molecule has 11 heteroatoms. The van der Waals surface area contributed by atoms with Crippen LogP contribution in [0.2, 0.25) is 0 Å². The molecule has 2 rings (SSSR count). The number of hydrogen-bond donors (Lipinski definition) is 3. The fourth-order valence-corrected chi connectivity index (χ4v) is 4.17. The molecule has 0 saturated heterocycles. The number of ether oxygens (including phenoxy) is 1. The summed E-state index contributed by atoms with van der Waals surface area (Å²) in [4.78, 5) is 4.08. The lowest BCUT2D eigenvalue weighted by Crippen LogP contribution is -2.44. The highest BCUT2D eigenvalue weighted by atomic mass is 127.